The third-order valence-corrected chi connectivity index (χ3v) is 2.29. The highest BCUT2D eigenvalue weighted by molar-refractivity contribution is 5.69. The molecule has 0 aromatic rings. The predicted octanol–water partition coefficient (Wildman–Crippen LogP) is 3.54. The third kappa shape index (κ3) is 6.93. The largest absolute Gasteiger partial charge is 0.462 e. The van der Waals surface area contributed by atoms with Gasteiger partial charge in [0.2, 0.25) is 0 Å². The fourth-order valence-electron chi connectivity index (χ4n) is 1.32. The van der Waals surface area contributed by atoms with E-state index in [0.29, 0.717) is 12.3 Å². The minimum Gasteiger partial charge on any atom is -0.462 e. The lowest BCUT2D eigenvalue weighted by Crippen LogP contribution is -2.17. The van der Waals surface area contributed by atoms with Gasteiger partial charge in [0, 0.05) is 6.42 Å². The summed E-state index contributed by atoms with van der Waals surface area (Å²) in [6, 6.07) is 0. The molecule has 14 heavy (non-hydrogen) atoms. The van der Waals surface area contributed by atoms with Crippen molar-refractivity contribution in [1.82, 2.24) is 0 Å². The Bertz CT molecular complexity index is 152. The van der Waals surface area contributed by atoms with Crippen LogP contribution in [-0.2, 0) is 9.53 Å². The Labute approximate surface area is 88.0 Å². The summed E-state index contributed by atoms with van der Waals surface area (Å²) in [6.07, 6.45) is 4.64. The number of hydrogen-bond donors (Lipinski definition) is 0. The van der Waals surface area contributed by atoms with Gasteiger partial charge in [-0.05, 0) is 25.2 Å². The Kier molecular flexibility index (Phi) is 7.54. The van der Waals surface area contributed by atoms with Gasteiger partial charge >= 0.3 is 5.97 Å². The molecule has 0 N–H and O–H groups in total. The zero-order chi connectivity index (χ0) is 11.0. The first-order valence-electron chi connectivity index (χ1n) is 5.79. The Morgan fingerprint density at radius 1 is 1.21 bits per heavy atom. The number of esters is 1. The van der Waals surface area contributed by atoms with Gasteiger partial charge in [-0.15, -0.1) is 0 Å². The van der Waals surface area contributed by atoms with Gasteiger partial charge in [-0.3, -0.25) is 4.79 Å². The molecule has 0 aromatic heterocycles. The van der Waals surface area contributed by atoms with Gasteiger partial charge in [-0.1, -0.05) is 34.1 Å². The van der Waals surface area contributed by atoms with E-state index < -0.39 is 0 Å². The van der Waals surface area contributed by atoms with Gasteiger partial charge in [0.15, 0.2) is 0 Å². The number of hydrogen-bond acceptors (Lipinski definition) is 2. The van der Waals surface area contributed by atoms with E-state index >= 15 is 0 Å². The molecule has 0 aliphatic heterocycles. The highest BCUT2D eigenvalue weighted by Gasteiger charge is 2.11. The van der Waals surface area contributed by atoms with Gasteiger partial charge in [0.25, 0.3) is 0 Å². The average molecular weight is 200 g/mol. The molecule has 2 heteroatoms. The number of ether oxygens (including phenoxy) is 1. The zero-order valence-electron chi connectivity index (χ0n) is 10.0. The van der Waals surface area contributed by atoms with E-state index in [1.54, 1.807) is 0 Å². The Hall–Kier alpha value is -0.530. The zero-order valence-corrected chi connectivity index (χ0v) is 10.0. The summed E-state index contributed by atoms with van der Waals surface area (Å²) in [4.78, 5) is 11.4. The molecule has 2 nitrogen and oxygen atoms in total. The minimum atomic E-state index is -0.0287. The fourth-order valence-corrected chi connectivity index (χ4v) is 1.32. The van der Waals surface area contributed by atoms with Crippen molar-refractivity contribution >= 4 is 5.97 Å². The lowest BCUT2D eigenvalue weighted by atomic mass is 10.1. The molecule has 84 valence electrons. The molecule has 1 atom stereocenters. The van der Waals surface area contributed by atoms with Crippen LogP contribution in [0.1, 0.15) is 59.8 Å². The Morgan fingerprint density at radius 2 is 1.86 bits per heavy atom. The van der Waals surface area contributed by atoms with Gasteiger partial charge in [-0.25, -0.2) is 0 Å². The molecule has 0 heterocycles. The van der Waals surface area contributed by atoms with Crippen molar-refractivity contribution in [2.75, 3.05) is 0 Å². The summed E-state index contributed by atoms with van der Waals surface area (Å²) in [5.41, 5.74) is 0. The third-order valence-electron chi connectivity index (χ3n) is 2.29. The van der Waals surface area contributed by atoms with E-state index in [1.807, 2.05) is 0 Å². The molecule has 0 aliphatic carbocycles. The molecule has 0 rings (SSSR count). The van der Waals surface area contributed by atoms with Crippen LogP contribution in [0.5, 0.6) is 0 Å². The highest BCUT2D eigenvalue weighted by Crippen LogP contribution is 2.10. The molecule has 0 saturated carbocycles. The molecule has 0 spiro atoms. The van der Waals surface area contributed by atoms with Crippen molar-refractivity contribution in [3.63, 3.8) is 0 Å². The van der Waals surface area contributed by atoms with Crippen LogP contribution in [0.25, 0.3) is 0 Å². The molecule has 0 amide bonds. The SMILES string of the molecule is CCCC(CC)OC(=O)CCC(C)C. The topological polar surface area (TPSA) is 26.3 Å². The summed E-state index contributed by atoms with van der Waals surface area (Å²) >= 11 is 0. The standard InChI is InChI=1S/C12H24O2/c1-5-7-11(6-2)14-12(13)9-8-10(3)4/h10-11H,5-9H2,1-4H3. The second kappa shape index (κ2) is 7.84. The van der Waals surface area contributed by atoms with Gasteiger partial charge in [0.05, 0.1) is 0 Å². The summed E-state index contributed by atoms with van der Waals surface area (Å²) < 4.78 is 5.35. The first-order valence-corrected chi connectivity index (χ1v) is 5.79. The van der Waals surface area contributed by atoms with Crippen molar-refractivity contribution < 1.29 is 9.53 Å². The molecule has 0 aliphatic rings. The molecule has 0 bridgehead atoms. The van der Waals surface area contributed by atoms with Gasteiger partial charge in [-0.2, -0.15) is 0 Å². The summed E-state index contributed by atoms with van der Waals surface area (Å²) in [6.45, 7) is 8.42. The Balaban J connectivity index is 3.67. The minimum absolute atomic E-state index is 0.0287. The van der Waals surface area contributed by atoms with E-state index in [9.17, 15) is 4.79 Å². The number of rotatable bonds is 7. The predicted molar refractivity (Wildman–Crippen MR) is 59.2 cm³/mol. The lowest BCUT2D eigenvalue weighted by molar-refractivity contribution is -0.149. The monoisotopic (exact) mass is 200 g/mol. The first-order chi connectivity index (χ1) is 6.60. The fraction of sp³-hybridized carbons (Fsp3) is 0.917. The van der Waals surface area contributed by atoms with Crippen LogP contribution < -0.4 is 0 Å². The van der Waals surface area contributed by atoms with Crippen molar-refractivity contribution in [2.24, 2.45) is 5.92 Å². The van der Waals surface area contributed by atoms with E-state index in [2.05, 4.69) is 27.7 Å². The van der Waals surface area contributed by atoms with Crippen LogP contribution in [0.4, 0.5) is 0 Å². The Morgan fingerprint density at radius 3 is 2.29 bits per heavy atom. The van der Waals surface area contributed by atoms with Gasteiger partial charge in [0.1, 0.15) is 6.10 Å². The molecule has 1 unspecified atom stereocenters. The summed E-state index contributed by atoms with van der Waals surface area (Å²) in [5, 5.41) is 0. The van der Waals surface area contributed by atoms with E-state index in [1.165, 1.54) is 0 Å². The maximum Gasteiger partial charge on any atom is 0.306 e. The van der Waals surface area contributed by atoms with Crippen LogP contribution in [0, 0.1) is 5.92 Å². The quantitative estimate of drug-likeness (QED) is 0.587. The molecule has 0 fully saturated rings. The second-order valence-corrected chi connectivity index (χ2v) is 4.24. The molecule has 0 aromatic carbocycles. The molecular weight excluding hydrogens is 176 g/mol. The molecular formula is C12H24O2. The maximum absolute atomic E-state index is 11.4. The van der Waals surface area contributed by atoms with Crippen molar-refractivity contribution in [2.45, 2.75) is 65.9 Å². The van der Waals surface area contributed by atoms with Crippen molar-refractivity contribution in [1.29, 1.82) is 0 Å². The smallest absolute Gasteiger partial charge is 0.306 e. The maximum atomic E-state index is 11.4. The second-order valence-electron chi connectivity index (χ2n) is 4.24. The van der Waals surface area contributed by atoms with Crippen molar-refractivity contribution in [3.05, 3.63) is 0 Å². The summed E-state index contributed by atoms with van der Waals surface area (Å²) in [5.74, 6) is 0.549. The van der Waals surface area contributed by atoms with E-state index in [-0.39, 0.29) is 12.1 Å². The number of carbonyl (C=O) groups excluding carboxylic acids is 1. The average Bonchev–Trinajstić information content (AvgIpc) is 2.14. The normalized spacial score (nSPS) is 12.9. The lowest BCUT2D eigenvalue weighted by Gasteiger charge is -2.15. The number of carbonyl (C=O) groups is 1. The van der Waals surface area contributed by atoms with Crippen LogP contribution in [-0.4, -0.2) is 12.1 Å². The molecule has 0 saturated heterocycles. The van der Waals surface area contributed by atoms with Crippen LogP contribution in [0.15, 0.2) is 0 Å². The van der Waals surface area contributed by atoms with Crippen molar-refractivity contribution in [3.8, 4) is 0 Å². The highest BCUT2D eigenvalue weighted by atomic mass is 16.5. The van der Waals surface area contributed by atoms with E-state index in [4.69, 9.17) is 4.74 Å². The van der Waals surface area contributed by atoms with Crippen LogP contribution in [0.3, 0.4) is 0 Å². The molecule has 0 radical (unpaired) electrons. The van der Waals surface area contributed by atoms with Gasteiger partial charge < -0.3 is 4.74 Å². The first kappa shape index (κ1) is 13.5. The van der Waals surface area contributed by atoms with E-state index in [0.717, 1.165) is 25.7 Å². The van der Waals surface area contributed by atoms with Crippen LogP contribution >= 0.6 is 0 Å². The summed E-state index contributed by atoms with van der Waals surface area (Å²) in [7, 11) is 0. The van der Waals surface area contributed by atoms with Crippen LogP contribution in [0.2, 0.25) is 0 Å².